The number of aryl methyl sites for hydroxylation is 1. The number of nitrogens with zero attached hydrogens (tertiary/aromatic N) is 2. The minimum atomic E-state index is -1.95. The summed E-state index contributed by atoms with van der Waals surface area (Å²) in [6, 6.07) is 36.7. The molecule has 7 heteroatoms. The molecule has 5 rings (SSSR count). The maximum Gasteiger partial charge on any atom is 0.334 e. The van der Waals surface area contributed by atoms with Gasteiger partial charge < -0.3 is 18.7 Å². The Morgan fingerprint density at radius 1 is 0.673 bits per heavy atom. The first-order valence-electron chi connectivity index (χ1n) is 17.2. The van der Waals surface area contributed by atoms with E-state index in [2.05, 4.69) is 159 Å². The second-order valence-corrected chi connectivity index (χ2v) is 18.0. The summed E-state index contributed by atoms with van der Waals surface area (Å²) in [6.07, 6.45) is 6.76. The van der Waals surface area contributed by atoms with E-state index in [1.165, 1.54) is 55.9 Å². The van der Waals surface area contributed by atoms with Crippen LogP contribution >= 0.6 is 11.8 Å². The van der Waals surface area contributed by atoms with Crippen molar-refractivity contribution >= 4 is 48.6 Å². The van der Waals surface area contributed by atoms with Gasteiger partial charge in [0, 0.05) is 65.4 Å². The van der Waals surface area contributed by atoms with Gasteiger partial charge in [-0.15, -0.1) is 0 Å². The van der Waals surface area contributed by atoms with E-state index in [0.29, 0.717) is 0 Å². The summed E-state index contributed by atoms with van der Waals surface area (Å²) in [6.45, 7) is 2.91. The third-order valence-corrected chi connectivity index (χ3v) is 13.4. The number of rotatable bonds is 15. The van der Waals surface area contributed by atoms with E-state index in [0.717, 1.165) is 42.6 Å². The summed E-state index contributed by atoms with van der Waals surface area (Å²) in [7, 11) is 9.93. The van der Waals surface area contributed by atoms with Crippen molar-refractivity contribution in [3.05, 3.63) is 143 Å². The highest BCUT2D eigenvalue weighted by molar-refractivity contribution is 7.99. The van der Waals surface area contributed by atoms with Crippen molar-refractivity contribution in [1.29, 1.82) is 0 Å². The van der Waals surface area contributed by atoms with E-state index in [4.69, 9.17) is 8.85 Å². The number of allylic oxidation sites excluding steroid dienone is 3. The van der Waals surface area contributed by atoms with Crippen LogP contribution < -0.4 is 14.8 Å². The quantitative estimate of drug-likeness (QED) is 0.104. The fraction of sp³-hybridized carbons (Fsp3) is 0.310. The van der Waals surface area contributed by atoms with E-state index in [-0.39, 0.29) is 0 Å². The maximum atomic E-state index is 5.61. The van der Waals surface area contributed by atoms with Gasteiger partial charge in [-0.05, 0) is 107 Å². The zero-order valence-corrected chi connectivity index (χ0v) is 32.1. The summed E-state index contributed by atoms with van der Waals surface area (Å²) in [5.74, 6) is 2.28. The summed E-state index contributed by atoms with van der Waals surface area (Å²) in [5.41, 5.74) is 13.5. The molecule has 0 unspecified atom stereocenters. The molecular weight excluding hydrogens is 639 g/mol. The number of hydrogen-bond donors (Lipinski definition) is 1. The molecule has 0 aliphatic heterocycles. The van der Waals surface area contributed by atoms with E-state index in [1.807, 2.05) is 11.8 Å². The lowest BCUT2D eigenvalue weighted by Crippen LogP contribution is -2.71. The molecule has 0 bridgehead atoms. The van der Waals surface area contributed by atoms with Crippen molar-refractivity contribution in [3.63, 3.8) is 0 Å². The molecule has 1 aliphatic rings. The molecule has 5 nitrogen and oxygen atoms in total. The Balaban J connectivity index is 1.33. The lowest BCUT2D eigenvalue weighted by Gasteiger charge is -2.22. The lowest BCUT2D eigenvalue weighted by molar-refractivity contribution is -0.473. The first-order valence-corrected chi connectivity index (χ1v) is 20.8. The van der Waals surface area contributed by atoms with Gasteiger partial charge in [0.2, 0.25) is 5.71 Å². The molecule has 0 aromatic heterocycles. The van der Waals surface area contributed by atoms with Gasteiger partial charge in [-0.25, -0.2) is 4.99 Å². The third kappa shape index (κ3) is 9.43. The van der Waals surface area contributed by atoms with Gasteiger partial charge in [0.1, 0.15) is 0 Å². The Morgan fingerprint density at radius 3 is 1.78 bits per heavy atom. The Kier molecular flexibility index (Phi) is 12.8. The Hall–Kier alpha value is -3.88. The second-order valence-electron chi connectivity index (χ2n) is 13.1. The van der Waals surface area contributed by atoms with Crippen LogP contribution in [0.4, 0.5) is 11.4 Å². The molecule has 0 amide bonds. The molecule has 4 aromatic rings. The van der Waals surface area contributed by atoms with Gasteiger partial charge in [0.25, 0.3) is 0 Å². The van der Waals surface area contributed by atoms with Crippen LogP contribution in [0.5, 0.6) is 0 Å². The van der Waals surface area contributed by atoms with Gasteiger partial charge in [-0.1, -0.05) is 66.7 Å². The molecule has 0 spiro atoms. The number of thioether (sulfide) groups is 1. The van der Waals surface area contributed by atoms with Crippen LogP contribution in [0.2, 0.25) is 12.6 Å². The van der Waals surface area contributed by atoms with Crippen LogP contribution in [-0.2, 0) is 21.8 Å². The van der Waals surface area contributed by atoms with E-state index < -0.39 is 8.56 Å². The van der Waals surface area contributed by atoms with E-state index >= 15 is 0 Å². The molecular formula is C42H52N3O2SSi+. The predicted octanol–water partition coefficient (Wildman–Crippen LogP) is 7.45. The highest BCUT2D eigenvalue weighted by Crippen LogP contribution is 2.37. The van der Waals surface area contributed by atoms with Gasteiger partial charge in [0.05, 0.1) is 5.56 Å². The van der Waals surface area contributed by atoms with Crippen molar-refractivity contribution in [2.75, 3.05) is 63.7 Å². The smallest absolute Gasteiger partial charge is 0.334 e. The molecule has 0 atom stereocenters. The molecule has 49 heavy (non-hydrogen) atoms. The molecule has 1 N–H and O–H groups in total. The van der Waals surface area contributed by atoms with Crippen molar-refractivity contribution in [1.82, 2.24) is 0 Å². The summed E-state index contributed by atoms with van der Waals surface area (Å²) >= 11 is 2.02. The normalized spacial score (nSPS) is 13.4. The van der Waals surface area contributed by atoms with E-state index in [1.54, 1.807) is 14.2 Å². The molecule has 0 heterocycles. The fourth-order valence-electron chi connectivity index (χ4n) is 6.10. The lowest BCUT2D eigenvalue weighted by atomic mass is 9.83. The van der Waals surface area contributed by atoms with Crippen LogP contribution in [0.25, 0.3) is 11.1 Å². The van der Waals surface area contributed by atoms with Gasteiger partial charge in [0.15, 0.2) is 6.54 Å². The molecule has 4 aromatic carbocycles. The highest BCUT2D eigenvalue weighted by Gasteiger charge is 2.27. The molecule has 1 aliphatic carbocycles. The van der Waals surface area contributed by atoms with Crippen LogP contribution in [0.1, 0.15) is 39.8 Å². The first-order chi connectivity index (χ1) is 23.7. The topological polar surface area (TPSA) is 38.9 Å². The Bertz CT molecular complexity index is 1700. The van der Waals surface area contributed by atoms with Crippen LogP contribution in [0.3, 0.4) is 0 Å². The molecule has 0 saturated heterocycles. The number of benzene rings is 4. The monoisotopic (exact) mass is 690 g/mol. The van der Waals surface area contributed by atoms with Crippen LogP contribution in [0.15, 0.2) is 109 Å². The zero-order chi connectivity index (χ0) is 34.8. The number of anilines is 2. The average molecular weight is 691 g/mol. The van der Waals surface area contributed by atoms with Gasteiger partial charge in [-0.2, -0.15) is 11.8 Å². The number of nitrogens with one attached hydrogen (secondary N) is 1. The van der Waals surface area contributed by atoms with Crippen molar-refractivity contribution in [2.24, 2.45) is 0 Å². The number of hydrogen-bond acceptors (Lipinski definition) is 5. The molecule has 0 saturated carbocycles. The van der Waals surface area contributed by atoms with E-state index in [9.17, 15) is 0 Å². The van der Waals surface area contributed by atoms with Gasteiger partial charge in [-0.3, -0.25) is 0 Å². The third-order valence-electron chi connectivity index (χ3n) is 9.36. The Labute approximate surface area is 299 Å². The van der Waals surface area contributed by atoms with Crippen molar-refractivity contribution in [2.45, 2.75) is 32.0 Å². The number of fused-ring (bicyclic) bond motifs is 1. The minimum absolute atomic E-state index is 0.772. The van der Waals surface area contributed by atoms with Crippen LogP contribution in [0, 0.1) is 0 Å². The SMILES string of the molecule is CO[Si](C)(CCCSCCc1ccc(C[NH+]=C2C=CC(=C(c3ccc(N(C)C)cc3)c3ccc(N(C)C)cc3)c3ccccc32)cc1)OC. The highest BCUT2D eigenvalue weighted by atomic mass is 32.2. The second kappa shape index (κ2) is 17.2. The first kappa shape index (κ1) is 36.4. The standard InChI is InChI=1S/C42H51N3O2SSi/c1-44(2)36-21-17-34(18-22-36)42(35-19-23-37(24-20-35)45(3)4)40-25-26-41(39-12-9-8-11-38(39)40)43-31-33-15-13-32(14-16-33)27-29-48-28-10-30-49(7,46-5)47-6/h8-9,11-26H,10,27-31H2,1-7H3/p+1. The summed E-state index contributed by atoms with van der Waals surface area (Å²) in [5, 5.41) is 0. The fourth-order valence-corrected chi connectivity index (χ4v) is 8.68. The summed E-state index contributed by atoms with van der Waals surface area (Å²) in [4.78, 5) is 8.04. The molecule has 0 fully saturated rings. The summed E-state index contributed by atoms with van der Waals surface area (Å²) < 4.78 is 11.2. The maximum absolute atomic E-state index is 5.61. The van der Waals surface area contributed by atoms with Crippen LogP contribution in [-0.4, -0.2) is 68.2 Å². The Morgan fingerprint density at radius 2 is 1.22 bits per heavy atom. The minimum Gasteiger partial charge on any atom is -0.398 e. The van der Waals surface area contributed by atoms with Crippen molar-refractivity contribution in [3.8, 4) is 0 Å². The molecule has 256 valence electrons. The van der Waals surface area contributed by atoms with Crippen molar-refractivity contribution < 1.29 is 13.8 Å². The predicted molar refractivity (Wildman–Crippen MR) is 214 cm³/mol. The average Bonchev–Trinajstić information content (AvgIpc) is 3.13. The molecule has 0 radical (unpaired) electrons. The largest absolute Gasteiger partial charge is 0.398 e. The van der Waals surface area contributed by atoms with Gasteiger partial charge >= 0.3 is 8.56 Å². The zero-order valence-electron chi connectivity index (χ0n) is 30.3.